The first-order valence-electron chi connectivity index (χ1n) is 3.63. The standard InChI is InChI=1S/C8H15NO2/c1-5(2)4-7(6(3)9)8(10)11/h5H,4,9H2,1-3H3,(H,10,11). The highest BCUT2D eigenvalue weighted by Gasteiger charge is 2.10. The van der Waals surface area contributed by atoms with Crippen molar-refractivity contribution in [3.8, 4) is 0 Å². The van der Waals surface area contributed by atoms with Crippen LogP contribution in [0.4, 0.5) is 0 Å². The molecule has 0 aromatic rings. The summed E-state index contributed by atoms with van der Waals surface area (Å²) in [6.45, 7) is 5.55. The number of carboxylic acid groups (broad SMARTS) is 1. The Morgan fingerprint density at radius 3 is 2.09 bits per heavy atom. The van der Waals surface area contributed by atoms with Gasteiger partial charge < -0.3 is 10.8 Å². The number of hydrogen-bond acceptors (Lipinski definition) is 2. The fourth-order valence-corrected chi connectivity index (χ4v) is 0.825. The van der Waals surface area contributed by atoms with E-state index in [1.165, 1.54) is 0 Å². The lowest BCUT2D eigenvalue weighted by atomic mass is 10.0. The Morgan fingerprint density at radius 1 is 1.55 bits per heavy atom. The minimum atomic E-state index is -0.904. The second kappa shape index (κ2) is 4.01. The van der Waals surface area contributed by atoms with E-state index in [1.54, 1.807) is 6.92 Å². The minimum absolute atomic E-state index is 0.333. The smallest absolute Gasteiger partial charge is 0.333 e. The molecule has 0 aromatic heterocycles. The van der Waals surface area contributed by atoms with Crippen LogP contribution in [0, 0.1) is 5.92 Å². The summed E-state index contributed by atoms with van der Waals surface area (Å²) in [6.07, 6.45) is 0.539. The molecule has 11 heavy (non-hydrogen) atoms. The average molecular weight is 157 g/mol. The summed E-state index contributed by atoms with van der Waals surface area (Å²) in [5, 5.41) is 8.65. The van der Waals surface area contributed by atoms with Gasteiger partial charge in [0.25, 0.3) is 0 Å². The molecule has 0 saturated heterocycles. The molecule has 0 aliphatic carbocycles. The quantitative estimate of drug-likeness (QED) is 0.608. The molecular formula is C8H15NO2. The number of allylic oxidation sites excluding steroid dienone is 1. The molecule has 0 saturated carbocycles. The van der Waals surface area contributed by atoms with Crippen LogP contribution in [0.1, 0.15) is 27.2 Å². The Bertz CT molecular complexity index is 179. The Labute approximate surface area is 66.9 Å². The Balaban J connectivity index is 4.39. The highest BCUT2D eigenvalue weighted by atomic mass is 16.4. The SMILES string of the molecule is CC(N)=C(CC(C)C)C(=O)O. The maximum Gasteiger partial charge on any atom is 0.333 e. The molecule has 0 bridgehead atoms. The lowest BCUT2D eigenvalue weighted by Crippen LogP contribution is -2.10. The number of carbonyl (C=O) groups is 1. The predicted molar refractivity (Wildman–Crippen MR) is 44.0 cm³/mol. The van der Waals surface area contributed by atoms with Crippen LogP contribution in [0.2, 0.25) is 0 Å². The fraction of sp³-hybridized carbons (Fsp3) is 0.625. The van der Waals surface area contributed by atoms with Gasteiger partial charge in [0.1, 0.15) is 0 Å². The van der Waals surface area contributed by atoms with Gasteiger partial charge in [-0.2, -0.15) is 0 Å². The van der Waals surface area contributed by atoms with Crippen molar-refractivity contribution in [2.24, 2.45) is 11.7 Å². The first kappa shape index (κ1) is 10.0. The lowest BCUT2D eigenvalue weighted by molar-refractivity contribution is -0.133. The summed E-state index contributed by atoms with van der Waals surface area (Å²) >= 11 is 0. The van der Waals surface area contributed by atoms with Gasteiger partial charge in [-0.3, -0.25) is 0 Å². The maximum atomic E-state index is 10.5. The fourth-order valence-electron chi connectivity index (χ4n) is 0.825. The van der Waals surface area contributed by atoms with Gasteiger partial charge in [-0.15, -0.1) is 0 Å². The summed E-state index contributed by atoms with van der Waals surface area (Å²) < 4.78 is 0. The monoisotopic (exact) mass is 157 g/mol. The van der Waals surface area contributed by atoms with E-state index in [0.29, 0.717) is 23.6 Å². The van der Waals surface area contributed by atoms with Gasteiger partial charge in [0.15, 0.2) is 0 Å². The Kier molecular flexibility index (Phi) is 3.65. The second-order valence-electron chi connectivity index (χ2n) is 3.06. The molecule has 0 spiro atoms. The van der Waals surface area contributed by atoms with Gasteiger partial charge >= 0.3 is 5.97 Å². The number of hydrogen-bond donors (Lipinski definition) is 2. The molecule has 3 nitrogen and oxygen atoms in total. The van der Waals surface area contributed by atoms with Gasteiger partial charge in [0.05, 0.1) is 5.57 Å². The van der Waals surface area contributed by atoms with Crippen LogP contribution in [-0.4, -0.2) is 11.1 Å². The molecule has 0 aliphatic heterocycles. The van der Waals surface area contributed by atoms with Crippen LogP contribution in [0.3, 0.4) is 0 Å². The molecule has 64 valence electrons. The topological polar surface area (TPSA) is 63.3 Å². The van der Waals surface area contributed by atoms with Crippen LogP contribution < -0.4 is 5.73 Å². The van der Waals surface area contributed by atoms with Crippen molar-refractivity contribution in [3.05, 3.63) is 11.3 Å². The van der Waals surface area contributed by atoms with Crippen LogP contribution in [0.15, 0.2) is 11.3 Å². The first-order valence-corrected chi connectivity index (χ1v) is 3.63. The molecule has 0 aromatic carbocycles. The number of rotatable bonds is 3. The summed E-state index contributed by atoms with van der Waals surface area (Å²) in [7, 11) is 0. The van der Waals surface area contributed by atoms with E-state index >= 15 is 0 Å². The van der Waals surface area contributed by atoms with Crippen molar-refractivity contribution in [1.82, 2.24) is 0 Å². The van der Waals surface area contributed by atoms with Crippen molar-refractivity contribution in [3.63, 3.8) is 0 Å². The highest BCUT2D eigenvalue weighted by Crippen LogP contribution is 2.12. The molecule has 0 aliphatic rings. The van der Waals surface area contributed by atoms with E-state index in [-0.39, 0.29) is 0 Å². The van der Waals surface area contributed by atoms with E-state index in [0.717, 1.165) is 0 Å². The third-order valence-electron chi connectivity index (χ3n) is 1.35. The molecular weight excluding hydrogens is 142 g/mol. The van der Waals surface area contributed by atoms with Crippen molar-refractivity contribution < 1.29 is 9.90 Å². The van der Waals surface area contributed by atoms with Crippen molar-refractivity contribution >= 4 is 5.97 Å². The largest absolute Gasteiger partial charge is 0.478 e. The number of carboxylic acids is 1. The molecule has 3 N–H and O–H groups in total. The molecule has 0 unspecified atom stereocenters. The third-order valence-corrected chi connectivity index (χ3v) is 1.35. The van der Waals surface area contributed by atoms with E-state index in [2.05, 4.69) is 0 Å². The highest BCUT2D eigenvalue weighted by molar-refractivity contribution is 5.87. The van der Waals surface area contributed by atoms with Gasteiger partial charge in [-0.1, -0.05) is 13.8 Å². The molecule has 0 heterocycles. The van der Waals surface area contributed by atoms with E-state index in [4.69, 9.17) is 10.8 Å². The summed E-state index contributed by atoms with van der Waals surface area (Å²) in [4.78, 5) is 10.5. The predicted octanol–water partition coefficient (Wildman–Crippen LogP) is 1.35. The van der Waals surface area contributed by atoms with Crippen molar-refractivity contribution in [1.29, 1.82) is 0 Å². The van der Waals surface area contributed by atoms with E-state index < -0.39 is 5.97 Å². The Hall–Kier alpha value is -0.990. The van der Waals surface area contributed by atoms with Gasteiger partial charge in [-0.25, -0.2) is 4.79 Å². The third kappa shape index (κ3) is 3.65. The van der Waals surface area contributed by atoms with Crippen LogP contribution >= 0.6 is 0 Å². The molecule has 0 amide bonds. The van der Waals surface area contributed by atoms with Crippen LogP contribution in [0.5, 0.6) is 0 Å². The van der Waals surface area contributed by atoms with Gasteiger partial charge in [0.2, 0.25) is 0 Å². The zero-order valence-electron chi connectivity index (χ0n) is 7.22. The van der Waals surface area contributed by atoms with Gasteiger partial charge in [-0.05, 0) is 19.3 Å². The molecule has 0 radical (unpaired) electrons. The normalized spacial score (nSPS) is 13.1. The Morgan fingerprint density at radius 2 is 2.00 bits per heavy atom. The number of nitrogens with two attached hydrogens (primary N) is 1. The summed E-state index contributed by atoms with van der Waals surface area (Å²) in [5.41, 5.74) is 6.13. The van der Waals surface area contributed by atoms with E-state index in [1.807, 2.05) is 13.8 Å². The molecule has 0 atom stereocenters. The zero-order chi connectivity index (χ0) is 9.02. The zero-order valence-corrected chi connectivity index (χ0v) is 7.22. The average Bonchev–Trinajstić information content (AvgIpc) is 1.81. The lowest BCUT2D eigenvalue weighted by Gasteiger charge is -2.06. The van der Waals surface area contributed by atoms with E-state index in [9.17, 15) is 4.79 Å². The number of aliphatic carboxylic acids is 1. The minimum Gasteiger partial charge on any atom is -0.478 e. The van der Waals surface area contributed by atoms with Crippen LogP contribution in [0.25, 0.3) is 0 Å². The van der Waals surface area contributed by atoms with Crippen LogP contribution in [-0.2, 0) is 4.79 Å². The molecule has 0 fully saturated rings. The second-order valence-corrected chi connectivity index (χ2v) is 3.06. The van der Waals surface area contributed by atoms with Gasteiger partial charge in [0, 0.05) is 5.70 Å². The van der Waals surface area contributed by atoms with Crippen molar-refractivity contribution in [2.45, 2.75) is 27.2 Å². The summed E-state index contributed by atoms with van der Waals surface area (Å²) in [6, 6.07) is 0. The van der Waals surface area contributed by atoms with Crippen molar-refractivity contribution in [2.75, 3.05) is 0 Å². The maximum absolute atomic E-state index is 10.5. The molecule has 3 heteroatoms. The first-order chi connectivity index (χ1) is 4.95. The molecule has 0 rings (SSSR count). The summed E-state index contributed by atoms with van der Waals surface area (Å²) in [5.74, 6) is -0.571.